The molecule has 0 unspecified atom stereocenters. The van der Waals surface area contributed by atoms with Gasteiger partial charge in [-0.2, -0.15) is 4.98 Å². The van der Waals surface area contributed by atoms with Crippen molar-refractivity contribution in [1.82, 2.24) is 15.5 Å². The third-order valence-electron chi connectivity index (χ3n) is 1.98. The fourth-order valence-corrected chi connectivity index (χ4v) is 1.84. The van der Waals surface area contributed by atoms with Crippen LogP contribution < -0.4 is 5.32 Å². The summed E-state index contributed by atoms with van der Waals surface area (Å²) in [6.07, 6.45) is 0. The SMILES string of the molecule is CNCc1noc(-c2cccc(Br)c2Cl)n1. The molecule has 16 heavy (non-hydrogen) atoms. The van der Waals surface area contributed by atoms with Gasteiger partial charge in [-0.15, -0.1) is 0 Å². The van der Waals surface area contributed by atoms with E-state index >= 15 is 0 Å². The molecule has 0 aliphatic rings. The highest BCUT2D eigenvalue weighted by molar-refractivity contribution is 9.10. The highest BCUT2D eigenvalue weighted by Crippen LogP contribution is 2.32. The molecular weight excluding hydrogens is 293 g/mol. The van der Waals surface area contributed by atoms with Crippen LogP contribution in [0.25, 0.3) is 11.5 Å². The molecule has 4 nitrogen and oxygen atoms in total. The third kappa shape index (κ3) is 2.26. The fourth-order valence-electron chi connectivity index (χ4n) is 1.26. The minimum Gasteiger partial charge on any atom is -0.334 e. The summed E-state index contributed by atoms with van der Waals surface area (Å²) in [5.74, 6) is 1.03. The molecule has 0 saturated heterocycles. The van der Waals surface area contributed by atoms with Crippen molar-refractivity contribution < 1.29 is 4.52 Å². The molecule has 84 valence electrons. The Bertz CT molecular complexity index is 501. The maximum Gasteiger partial charge on any atom is 0.259 e. The molecule has 2 rings (SSSR count). The Morgan fingerprint density at radius 2 is 2.31 bits per heavy atom. The second-order valence-corrected chi connectivity index (χ2v) is 4.38. The molecule has 0 spiro atoms. The molecule has 1 N–H and O–H groups in total. The number of hydrogen-bond acceptors (Lipinski definition) is 4. The van der Waals surface area contributed by atoms with Crippen LogP contribution in [0.4, 0.5) is 0 Å². The minimum absolute atomic E-state index is 0.427. The Balaban J connectivity index is 2.39. The monoisotopic (exact) mass is 301 g/mol. The van der Waals surface area contributed by atoms with Crippen LogP contribution in [0.3, 0.4) is 0 Å². The van der Waals surface area contributed by atoms with Crippen molar-refractivity contribution in [2.45, 2.75) is 6.54 Å². The van der Waals surface area contributed by atoms with Gasteiger partial charge >= 0.3 is 0 Å². The Hall–Kier alpha value is -0.910. The average molecular weight is 303 g/mol. The van der Waals surface area contributed by atoms with Gasteiger partial charge in [-0.1, -0.05) is 22.8 Å². The summed E-state index contributed by atoms with van der Waals surface area (Å²) in [6.45, 7) is 0.565. The maximum atomic E-state index is 6.12. The van der Waals surface area contributed by atoms with Crippen LogP contribution in [-0.4, -0.2) is 17.2 Å². The molecule has 1 aromatic heterocycles. The zero-order valence-corrected chi connectivity index (χ0v) is 10.8. The Morgan fingerprint density at radius 3 is 3.06 bits per heavy atom. The van der Waals surface area contributed by atoms with E-state index in [1.807, 2.05) is 25.2 Å². The normalized spacial score (nSPS) is 10.7. The average Bonchev–Trinajstić information content (AvgIpc) is 2.71. The number of nitrogens with zero attached hydrogens (tertiary/aromatic N) is 2. The Kier molecular flexibility index (Phi) is 3.58. The van der Waals surface area contributed by atoms with Crippen molar-refractivity contribution in [2.75, 3.05) is 7.05 Å². The zero-order chi connectivity index (χ0) is 11.5. The number of hydrogen-bond donors (Lipinski definition) is 1. The first-order valence-corrected chi connectivity index (χ1v) is 5.81. The van der Waals surface area contributed by atoms with Crippen molar-refractivity contribution in [3.63, 3.8) is 0 Å². The van der Waals surface area contributed by atoms with E-state index in [1.54, 1.807) is 0 Å². The van der Waals surface area contributed by atoms with E-state index in [2.05, 4.69) is 31.4 Å². The molecule has 6 heteroatoms. The summed E-state index contributed by atoms with van der Waals surface area (Å²) >= 11 is 9.47. The van der Waals surface area contributed by atoms with Gasteiger partial charge in [0.1, 0.15) is 0 Å². The van der Waals surface area contributed by atoms with Gasteiger partial charge < -0.3 is 9.84 Å². The first-order chi connectivity index (χ1) is 7.72. The zero-order valence-electron chi connectivity index (χ0n) is 8.50. The smallest absolute Gasteiger partial charge is 0.259 e. The van der Waals surface area contributed by atoms with Crippen molar-refractivity contribution >= 4 is 27.5 Å². The summed E-state index contributed by atoms with van der Waals surface area (Å²) in [7, 11) is 1.82. The Morgan fingerprint density at radius 1 is 1.50 bits per heavy atom. The van der Waals surface area contributed by atoms with E-state index in [4.69, 9.17) is 16.1 Å². The van der Waals surface area contributed by atoms with Crippen molar-refractivity contribution in [1.29, 1.82) is 0 Å². The first-order valence-electron chi connectivity index (χ1n) is 4.64. The molecular formula is C10H9BrClN3O. The van der Waals surface area contributed by atoms with E-state index in [1.165, 1.54) is 0 Å². The predicted molar refractivity (Wildman–Crippen MR) is 65.2 cm³/mol. The molecule has 0 atom stereocenters. The maximum absolute atomic E-state index is 6.12. The van der Waals surface area contributed by atoms with E-state index in [0.29, 0.717) is 23.3 Å². The standard InChI is InChI=1S/C10H9BrClN3O/c1-13-5-8-14-10(16-15-8)6-3-2-4-7(11)9(6)12/h2-4,13H,5H2,1H3. The van der Waals surface area contributed by atoms with Crippen LogP contribution in [0.5, 0.6) is 0 Å². The van der Waals surface area contributed by atoms with Gasteiger partial charge in [-0.05, 0) is 35.1 Å². The lowest BCUT2D eigenvalue weighted by molar-refractivity contribution is 0.420. The number of aromatic nitrogens is 2. The predicted octanol–water partition coefficient (Wildman–Crippen LogP) is 2.87. The van der Waals surface area contributed by atoms with Crippen LogP contribution in [0.2, 0.25) is 5.02 Å². The number of rotatable bonds is 3. The van der Waals surface area contributed by atoms with Crippen LogP contribution in [0, 0.1) is 0 Å². The summed E-state index contributed by atoms with van der Waals surface area (Å²) in [5, 5.41) is 7.35. The van der Waals surface area contributed by atoms with Crippen LogP contribution >= 0.6 is 27.5 Å². The molecule has 2 aromatic rings. The van der Waals surface area contributed by atoms with E-state index in [-0.39, 0.29) is 0 Å². The van der Waals surface area contributed by atoms with Gasteiger partial charge in [-0.3, -0.25) is 0 Å². The fraction of sp³-hybridized carbons (Fsp3) is 0.200. The first kappa shape index (κ1) is 11.6. The lowest BCUT2D eigenvalue weighted by Crippen LogP contribution is -2.06. The molecule has 0 aliphatic heterocycles. The molecule has 1 heterocycles. The highest BCUT2D eigenvalue weighted by Gasteiger charge is 2.13. The molecule has 1 aromatic carbocycles. The molecule has 0 fully saturated rings. The Labute approximate surface area is 106 Å². The molecule has 0 saturated carbocycles. The highest BCUT2D eigenvalue weighted by atomic mass is 79.9. The van der Waals surface area contributed by atoms with Gasteiger partial charge in [0.05, 0.1) is 17.1 Å². The van der Waals surface area contributed by atoms with Crippen LogP contribution in [0.15, 0.2) is 27.2 Å². The van der Waals surface area contributed by atoms with Crippen molar-refractivity contribution in [3.8, 4) is 11.5 Å². The third-order valence-corrected chi connectivity index (χ3v) is 3.28. The quantitative estimate of drug-likeness (QED) is 0.947. The second-order valence-electron chi connectivity index (χ2n) is 3.15. The lowest BCUT2D eigenvalue weighted by Gasteiger charge is -1.99. The molecule has 0 amide bonds. The van der Waals surface area contributed by atoms with E-state index < -0.39 is 0 Å². The van der Waals surface area contributed by atoms with Crippen molar-refractivity contribution in [2.24, 2.45) is 0 Å². The largest absolute Gasteiger partial charge is 0.334 e. The second kappa shape index (κ2) is 4.95. The minimum atomic E-state index is 0.427. The number of benzene rings is 1. The van der Waals surface area contributed by atoms with Gasteiger partial charge in [0, 0.05) is 4.47 Å². The molecule has 0 bridgehead atoms. The molecule has 0 aliphatic carbocycles. The summed E-state index contributed by atoms with van der Waals surface area (Å²) < 4.78 is 5.94. The summed E-state index contributed by atoms with van der Waals surface area (Å²) in [4.78, 5) is 4.23. The van der Waals surface area contributed by atoms with Crippen molar-refractivity contribution in [3.05, 3.63) is 33.5 Å². The van der Waals surface area contributed by atoms with E-state index in [0.717, 1.165) is 10.0 Å². The van der Waals surface area contributed by atoms with Gasteiger partial charge in [0.15, 0.2) is 5.82 Å². The van der Waals surface area contributed by atoms with Gasteiger partial charge in [-0.25, -0.2) is 0 Å². The lowest BCUT2D eigenvalue weighted by atomic mass is 10.2. The van der Waals surface area contributed by atoms with Crippen LogP contribution in [-0.2, 0) is 6.54 Å². The van der Waals surface area contributed by atoms with Gasteiger partial charge in [0.2, 0.25) is 0 Å². The summed E-state index contributed by atoms with van der Waals surface area (Å²) in [5.41, 5.74) is 0.728. The molecule has 0 radical (unpaired) electrons. The van der Waals surface area contributed by atoms with E-state index in [9.17, 15) is 0 Å². The van der Waals surface area contributed by atoms with Gasteiger partial charge in [0.25, 0.3) is 5.89 Å². The topological polar surface area (TPSA) is 51.0 Å². The number of nitrogens with one attached hydrogen (secondary N) is 1. The summed E-state index contributed by atoms with van der Waals surface area (Å²) in [6, 6.07) is 5.56. The number of halogens is 2. The van der Waals surface area contributed by atoms with Crippen LogP contribution in [0.1, 0.15) is 5.82 Å².